The van der Waals surface area contributed by atoms with Crippen molar-refractivity contribution < 1.29 is 27.5 Å². The van der Waals surface area contributed by atoms with Crippen LogP contribution in [0.3, 0.4) is 0 Å². The normalized spacial score (nSPS) is 18.3. The van der Waals surface area contributed by atoms with Crippen LogP contribution in [-0.4, -0.2) is 39.7 Å². The Kier molecular flexibility index (Phi) is 8.83. The number of aromatic nitrogens is 4. The second-order valence-electron chi connectivity index (χ2n) is 11.3. The lowest BCUT2D eigenvalue weighted by atomic mass is 9.68. The van der Waals surface area contributed by atoms with E-state index in [1.165, 1.54) is 13.2 Å². The summed E-state index contributed by atoms with van der Waals surface area (Å²) in [5, 5.41) is 21.1. The van der Waals surface area contributed by atoms with E-state index < -0.39 is 29.7 Å². The summed E-state index contributed by atoms with van der Waals surface area (Å²) in [6.07, 6.45) is -0.893. The SMILES string of the molecule is COc1cc(NC(=O)NC(c2ccc(C(=O)Nc3nn[nH]n3)cc2)C2CCC(C(C)(C)C)CC2)cc(C(F)(F)F)c1. The summed E-state index contributed by atoms with van der Waals surface area (Å²) >= 11 is 0. The number of methoxy groups -OCH3 is 1. The number of H-pyrrole nitrogens is 1. The van der Waals surface area contributed by atoms with Crippen molar-refractivity contribution in [2.45, 2.75) is 58.7 Å². The number of rotatable bonds is 7. The summed E-state index contributed by atoms with van der Waals surface area (Å²) in [6, 6.07) is 8.78. The Hall–Kier alpha value is -4.16. The van der Waals surface area contributed by atoms with Crippen molar-refractivity contribution in [3.63, 3.8) is 0 Å². The molecule has 3 amide bonds. The molecule has 4 rings (SSSR count). The number of carbonyl (C=O) groups excluding carboxylic acids is 2. The van der Waals surface area contributed by atoms with Crippen LogP contribution in [0.25, 0.3) is 0 Å². The van der Waals surface area contributed by atoms with Gasteiger partial charge in [-0.15, -0.1) is 5.10 Å². The van der Waals surface area contributed by atoms with E-state index in [0.717, 1.165) is 43.4 Å². The molecule has 10 nitrogen and oxygen atoms in total. The van der Waals surface area contributed by atoms with Gasteiger partial charge in [-0.2, -0.15) is 18.4 Å². The quantitative estimate of drug-likeness (QED) is 0.266. The van der Waals surface area contributed by atoms with Gasteiger partial charge in [0.2, 0.25) is 0 Å². The van der Waals surface area contributed by atoms with E-state index in [1.807, 2.05) is 0 Å². The highest BCUT2D eigenvalue weighted by atomic mass is 19.4. The molecule has 1 saturated carbocycles. The van der Waals surface area contributed by atoms with E-state index >= 15 is 0 Å². The van der Waals surface area contributed by atoms with Crippen LogP contribution >= 0.6 is 0 Å². The molecule has 0 bridgehead atoms. The summed E-state index contributed by atoms with van der Waals surface area (Å²) in [5.74, 6) is 0.222. The van der Waals surface area contributed by atoms with Crippen LogP contribution < -0.4 is 20.7 Å². The van der Waals surface area contributed by atoms with Crippen LogP contribution in [0.2, 0.25) is 0 Å². The number of alkyl halides is 3. The molecule has 1 unspecified atom stereocenters. The van der Waals surface area contributed by atoms with E-state index in [1.54, 1.807) is 24.3 Å². The second-order valence-corrected chi connectivity index (χ2v) is 11.3. The molecule has 1 aromatic heterocycles. The lowest BCUT2D eigenvalue weighted by Crippen LogP contribution is -2.38. The number of urea groups is 1. The molecule has 1 heterocycles. The Morgan fingerprint density at radius 2 is 1.68 bits per heavy atom. The average Bonchev–Trinajstić information content (AvgIpc) is 3.44. The van der Waals surface area contributed by atoms with E-state index in [-0.39, 0.29) is 28.7 Å². The van der Waals surface area contributed by atoms with Gasteiger partial charge in [0.25, 0.3) is 11.9 Å². The molecule has 1 aliphatic carbocycles. The third-order valence-electron chi connectivity index (χ3n) is 7.58. The molecular formula is C28H34F3N7O3. The topological polar surface area (TPSA) is 134 Å². The molecule has 2 aromatic carbocycles. The predicted octanol–water partition coefficient (Wildman–Crippen LogP) is 6.19. The number of anilines is 2. The molecule has 0 radical (unpaired) electrons. The Labute approximate surface area is 235 Å². The first kappa shape index (κ1) is 29.8. The number of nitrogens with one attached hydrogen (secondary N) is 4. The summed E-state index contributed by atoms with van der Waals surface area (Å²) < 4.78 is 45.1. The summed E-state index contributed by atoms with van der Waals surface area (Å²) in [5.41, 5.74) is 0.324. The van der Waals surface area contributed by atoms with Crippen LogP contribution in [0.5, 0.6) is 5.75 Å². The maximum absolute atomic E-state index is 13.4. The van der Waals surface area contributed by atoms with Crippen LogP contribution in [-0.2, 0) is 6.18 Å². The van der Waals surface area contributed by atoms with E-state index in [4.69, 9.17) is 4.74 Å². The monoisotopic (exact) mass is 573 g/mol. The predicted molar refractivity (Wildman–Crippen MR) is 146 cm³/mol. The Balaban J connectivity index is 1.54. The molecule has 220 valence electrons. The van der Waals surface area contributed by atoms with Crippen LogP contribution in [0.1, 0.15) is 74.0 Å². The van der Waals surface area contributed by atoms with Crippen molar-refractivity contribution in [1.82, 2.24) is 25.9 Å². The van der Waals surface area contributed by atoms with Gasteiger partial charge in [-0.05, 0) is 78.0 Å². The lowest BCUT2D eigenvalue weighted by molar-refractivity contribution is -0.137. The largest absolute Gasteiger partial charge is 0.497 e. The van der Waals surface area contributed by atoms with Crippen molar-refractivity contribution >= 4 is 23.6 Å². The summed E-state index contributed by atoms with van der Waals surface area (Å²) in [4.78, 5) is 25.7. The van der Waals surface area contributed by atoms with Gasteiger partial charge in [-0.25, -0.2) is 4.79 Å². The highest BCUT2D eigenvalue weighted by Gasteiger charge is 2.35. The minimum absolute atomic E-state index is 0.0261. The van der Waals surface area contributed by atoms with Crippen molar-refractivity contribution in [2.75, 3.05) is 17.7 Å². The standard InChI is InChI=1S/C28H34F3N7O3/c1-27(2,3)19-11-9-17(10-12-19)23(16-5-7-18(8-6-16)24(39)34-25-35-37-38-36-25)33-26(40)32-21-13-20(28(29,30)31)14-22(15-21)41-4/h5-8,13-15,17,19,23H,9-12H2,1-4H3,(H2,32,33,40)(H2,34,35,36,37,38,39). The molecule has 0 spiro atoms. The lowest BCUT2D eigenvalue weighted by Gasteiger charge is -2.39. The fourth-order valence-corrected chi connectivity index (χ4v) is 5.28. The van der Waals surface area contributed by atoms with Gasteiger partial charge >= 0.3 is 12.2 Å². The molecule has 3 aromatic rings. The maximum atomic E-state index is 13.4. The highest BCUT2D eigenvalue weighted by Crippen LogP contribution is 2.43. The maximum Gasteiger partial charge on any atom is 0.416 e. The highest BCUT2D eigenvalue weighted by molar-refractivity contribution is 6.03. The number of tetrazole rings is 1. The molecule has 0 saturated heterocycles. The molecule has 13 heteroatoms. The smallest absolute Gasteiger partial charge is 0.416 e. The van der Waals surface area contributed by atoms with E-state index in [9.17, 15) is 22.8 Å². The van der Waals surface area contributed by atoms with Crippen LogP contribution in [0, 0.1) is 17.3 Å². The Morgan fingerprint density at radius 3 is 2.24 bits per heavy atom. The zero-order valence-electron chi connectivity index (χ0n) is 23.3. The number of ether oxygens (including phenoxy) is 1. The van der Waals surface area contributed by atoms with Crippen molar-refractivity contribution in [1.29, 1.82) is 0 Å². The third-order valence-corrected chi connectivity index (χ3v) is 7.58. The second kappa shape index (κ2) is 12.1. The minimum Gasteiger partial charge on any atom is -0.497 e. The fraction of sp³-hybridized carbons (Fsp3) is 0.464. The van der Waals surface area contributed by atoms with Gasteiger partial charge in [0.1, 0.15) is 5.75 Å². The zero-order chi connectivity index (χ0) is 29.8. The fourth-order valence-electron chi connectivity index (χ4n) is 5.28. The first-order valence-electron chi connectivity index (χ1n) is 13.3. The van der Waals surface area contributed by atoms with Crippen LogP contribution in [0.4, 0.5) is 29.6 Å². The number of amides is 3. The number of hydrogen-bond acceptors (Lipinski definition) is 6. The minimum atomic E-state index is -4.60. The molecule has 1 fully saturated rings. The van der Waals surface area contributed by atoms with Gasteiger partial charge in [0, 0.05) is 17.3 Å². The van der Waals surface area contributed by atoms with Crippen LogP contribution in [0.15, 0.2) is 42.5 Å². The molecule has 1 atom stereocenters. The van der Waals surface area contributed by atoms with Gasteiger partial charge in [0.05, 0.1) is 18.7 Å². The Morgan fingerprint density at radius 1 is 1.00 bits per heavy atom. The summed E-state index contributed by atoms with van der Waals surface area (Å²) in [6.45, 7) is 6.68. The van der Waals surface area contributed by atoms with Gasteiger partial charge in [-0.1, -0.05) is 38.0 Å². The molecule has 41 heavy (non-hydrogen) atoms. The first-order valence-corrected chi connectivity index (χ1v) is 13.3. The zero-order valence-corrected chi connectivity index (χ0v) is 23.3. The number of aromatic amines is 1. The molecule has 0 aliphatic heterocycles. The van der Waals surface area contributed by atoms with Crippen molar-refractivity contribution in [2.24, 2.45) is 17.3 Å². The van der Waals surface area contributed by atoms with Gasteiger partial charge < -0.3 is 15.4 Å². The van der Waals surface area contributed by atoms with Gasteiger partial charge in [0.15, 0.2) is 0 Å². The van der Waals surface area contributed by atoms with E-state index in [0.29, 0.717) is 11.5 Å². The number of nitrogens with zero attached hydrogens (tertiary/aromatic N) is 3. The Bertz CT molecular complexity index is 1330. The first-order chi connectivity index (χ1) is 19.3. The van der Waals surface area contributed by atoms with Crippen molar-refractivity contribution in [3.8, 4) is 5.75 Å². The summed E-state index contributed by atoms with van der Waals surface area (Å²) in [7, 11) is 1.26. The third kappa shape index (κ3) is 7.74. The van der Waals surface area contributed by atoms with Crippen molar-refractivity contribution in [3.05, 3.63) is 59.2 Å². The molecular weight excluding hydrogens is 539 g/mol. The number of benzene rings is 2. The molecule has 4 N–H and O–H groups in total. The molecule has 1 aliphatic rings. The van der Waals surface area contributed by atoms with E-state index in [2.05, 4.69) is 57.3 Å². The number of carbonyl (C=O) groups is 2. The number of halogens is 3. The van der Waals surface area contributed by atoms with Gasteiger partial charge in [-0.3, -0.25) is 10.1 Å². The average molecular weight is 574 g/mol. The number of hydrogen-bond donors (Lipinski definition) is 4.